The molecular weight excluding hydrogens is 458 g/mol. The number of hydrogen-bond acceptors (Lipinski definition) is 5. The highest BCUT2D eigenvalue weighted by Crippen LogP contribution is 2.26. The molecular formula is C20H20BrN3O2S2. The van der Waals surface area contributed by atoms with Crippen LogP contribution in [-0.2, 0) is 16.4 Å². The van der Waals surface area contributed by atoms with E-state index in [1.54, 1.807) is 33.8 Å². The zero-order valence-electron chi connectivity index (χ0n) is 15.2. The van der Waals surface area contributed by atoms with Gasteiger partial charge in [-0.1, -0.05) is 52.3 Å². The van der Waals surface area contributed by atoms with Gasteiger partial charge in [0.1, 0.15) is 0 Å². The van der Waals surface area contributed by atoms with Gasteiger partial charge in [0.2, 0.25) is 10.0 Å². The van der Waals surface area contributed by atoms with Crippen molar-refractivity contribution in [3.8, 4) is 0 Å². The van der Waals surface area contributed by atoms with Gasteiger partial charge in [0.15, 0.2) is 5.13 Å². The Kier molecular flexibility index (Phi) is 5.82. The normalized spacial score (nSPS) is 15.7. The molecule has 8 heteroatoms. The van der Waals surface area contributed by atoms with Crippen molar-refractivity contribution in [2.24, 2.45) is 0 Å². The number of piperazine rings is 1. The van der Waals surface area contributed by atoms with E-state index in [0.717, 1.165) is 21.7 Å². The van der Waals surface area contributed by atoms with Crippen LogP contribution in [0, 0.1) is 0 Å². The molecule has 0 spiro atoms. The second-order valence-electron chi connectivity index (χ2n) is 6.63. The number of rotatable bonds is 5. The molecule has 0 unspecified atom stereocenters. The molecule has 28 heavy (non-hydrogen) atoms. The largest absolute Gasteiger partial charge is 0.345 e. The van der Waals surface area contributed by atoms with Crippen LogP contribution in [0.2, 0.25) is 0 Å². The highest BCUT2D eigenvalue weighted by molar-refractivity contribution is 9.10. The van der Waals surface area contributed by atoms with E-state index < -0.39 is 10.0 Å². The van der Waals surface area contributed by atoms with Gasteiger partial charge in [-0.3, -0.25) is 0 Å². The first-order chi connectivity index (χ1) is 13.5. The maximum atomic E-state index is 12.9. The molecule has 2 heterocycles. The van der Waals surface area contributed by atoms with Crippen molar-refractivity contribution in [3.05, 3.63) is 75.7 Å². The van der Waals surface area contributed by atoms with Gasteiger partial charge in [-0.15, -0.1) is 11.3 Å². The second kappa shape index (κ2) is 8.32. The summed E-state index contributed by atoms with van der Waals surface area (Å²) in [5.74, 6) is 0. The summed E-state index contributed by atoms with van der Waals surface area (Å²) in [6, 6.07) is 17.2. The Balaban J connectivity index is 1.40. The minimum Gasteiger partial charge on any atom is -0.345 e. The van der Waals surface area contributed by atoms with Crippen LogP contribution in [0.15, 0.2) is 69.3 Å². The van der Waals surface area contributed by atoms with E-state index in [1.165, 1.54) is 5.56 Å². The van der Waals surface area contributed by atoms with E-state index in [0.29, 0.717) is 31.1 Å². The van der Waals surface area contributed by atoms with Gasteiger partial charge in [0.05, 0.1) is 10.6 Å². The Bertz CT molecular complexity index is 1050. The van der Waals surface area contributed by atoms with Crippen LogP contribution in [0.4, 0.5) is 5.13 Å². The molecule has 1 fully saturated rings. The summed E-state index contributed by atoms with van der Waals surface area (Å²) < 4.78 is 28.1. The van der Waals surface area contributed by atoms with Crippen LogP contribution >= 0.6 is 27.3 Å². The molecule has 0 aliphatic carbocycles. The molecule has 1 aliphatic rings. The maximum absolute atomic E-state index is 12.9. The quantitative estimate of drug-likeness (QED) is 0.556. The highest BCUT2D eigenvalue weighted by Gasteiger charge is 2.29. The highest BCUT2D eigenvalue weighted by atomic mass is 79.9. The van der Waals surface area contributed by atoms with E-state index in [9.17, 15) is 8.42 Å². The van der Waals surface area contributed by atoms with Gasteiger partial charge in [-0.2, -0.15) is 4.31 Å². The zero-order valence-corrected chi connectivity index (χ0v) is 18.4. The first-order valence-electron chi connectivity index (χ1n) is 9.01. The number of hydrogen-bond donors (Lipinski definition) is 0. The summed E-state index contributed by atoms with van der Waals surface area (Å²) in [5, 5.41) is 3.05. The van der Waals surface area contributed by atoms with Crippen LogP contribution in [0.3, 0.4) is 0 Å². The Morgan fingerprint density at radius 1 is 1.00 bits per heavy atom. The molecule has 3 aromatic rings. The molecule has 146 valence electrons. The van der Waals surface area contributed by atoms with Crippen molar-refractivity contribution in [1.29, 1.82) is 0 Å². The topological polar surface area (TPSA) is 53.5 Å². The molecule has 0 bridgehead atoms. The van der Waals surface area contributed by atoms with Crippen LogP contribution in [0.1, 0.15) is 11.3 Å². The minimum absolute atomic E-state index is 0.328. The lowest BCUT2D eigenvalue weighted by Crippen LogP contribution is -2.48. The Morgan fingerprint density at radius 3 is 2.46 bits per heavy atom. The molecule has 2 aromatic carbocycles. The van der Waals surface area contributed by atoms with E-state index >= 15 is 0 Å². The average Bonchev–Trinajstić information content (AvgIpc) is 3.17. The van der Waals surface area contributed by atoms with Crippen molar-refractivity contribution in [2.45, 2.75) is 11.3 Å². The van der Waals surface area contributed by atoms with Gasteiger partial charge in [0.25, 0.3) is 0 Å². The Labute approximate surface area is 177 Å². The number of sulfonamides is 1. The predicted octanol–water partition coefficient (Wildman–Crippen LogP) is 4.01. The Morgan fingerprint density at radius 2 is 1.75 bits per heavy atom. The summed E-state index contributed by atoms with van der Waals surface area (Å²) in [7, 11) is -3.47. The number of thiazole rings is 1. The van der Waals surface area contributed by atoms with Gasteiger partial charge in [-0.25, -0.2) is 13.4 Å². The molecule has 0 atom stereocenters. The van der Waals surface area contributed by atoms with Crippen molar-refractivity contribution in [2.75, 3.05) is 31.1 Å². The average molecular weight is 478 g/mol. The van der Waals surface area contributed by atoms with Gasteiger partial charge >= 0.3 is 0 Å². The fraction of sp³-hybridized carbons (Fsp3) is 0.250. The van der Waals surface area contributed by atoms with Gasteiger partial charge in [0, 0.05) is 42.5 Å². The standard InChI is InChI=1S/C20H20BrN3O2S2/c21-17-7-4-8-19(14-17)28(25,26)24-11-9-23(10-12-24)20-22-18(15-27-20)13-16-5-2-1-3-6-16/h1-8,14-15H,9-13H2. The Hall–Kier alpha value is -1.74. The lowest BCUT2D eigenvalue weighted by molar-refractivity contribution is 0.384. The molecule has 0 amide bonds. The van der Waals surface area contributed by atoms with Crippen LogP contribution in [-0.4, -0.2) is 43.9 Å². The van der Waals surface area contributed by atoms with Crippen LogP contribution in [0.25, 0.3) is 0 Å². The molecule has 5 nitrogen and oxygen atoms in total. The zero-order chi connectivity index (χ0) is 19.6. The second-order valence-corrected chi connectivity index (χ2v) is 10.3. The van der Waals surface area contributed by atoms with Crippen LogP contribution < -0.4 is 4.90 Å². The molecule has 0 radical (unpaired) electrons. The summed E-state index contributed by atoms with van der Waals surface area (Å²) in [6.07, 6.45) is 0.814. The van der Waals surface area contributed by atoms with Gasteiger partial charge < -0.3 is 4.90 Å². The summed E-state index contributed by atoms with van der Waals surface area (Å²) in [6.45, 7) is 2.21. The molecule has 1 saturated heterocycles. The summed E-state index contributed by atoms with van der Waals surface area (Å²) >= 11 is 4.97. The summed E-state index contributed by atoms with van der Waals surface area (Å²) in [5.41, 5.74) is 2.29. The van der Waals surface area contributed by atoms with E-state index in [2.05, 4.69) is 38.3 Å². The fourth-order valence-electron chi connectivity index (χ4n) is 3.22. The number of benzene rings is 2. The van der Waals surface area contributed by atoms with Crippen molar-refractivity contribution in [1.82, 2.24) is 9.29 Å². The molecule has 4 rings (SSSR count). The van der Waals surface area contributed by atoms with Gasteiger partial charge in [-0.05, 0) is 23.8 Å². The number of anilines is 1. The lowest BCUT2D eigenvalue weighted by atomic mass is 10.1. The third-order valence-corrected chi connectivity index (χ3v) is 8.05. The first-order valence-corrected chi connectivity index (χ1v) is 12.1. The van der Waals surface area contributed by atoms with Crippen molar-refractivity contribution < 1.29 is 8.42 Å². The number of halogens is 1. The molecule has 0 N–H and O–H groups in total. The first kappa shape index (κ1) is 19.6. The predicted molar refractivity (Wildman–Crippen MR) is 116 cm³/mol. The number of nitrogens with zero attached hydrogens (tertiary/aromatic N) is 3. The summed E-state index contributed by atoms with van der Waals surface area (Å²) in [4.78, 5) is 7.26. The van der Waals surface area contributed by atoms with E-state index in [4.69, 9.17) is 4.98 Å². The third kappa shape index (κ3) is 4.30. The lowest BCUT2D eigenvalue weighted by Gasteiger charge is -2.33. The van der Waals surface area contributed by atoms with E-state index in [-0.39, 0.29) is 0 Å². The smallest absolute Gasteiger partial charge is 0.243 e. The minimum atomic E-state index is -3.47. The van der Waals surface area contributed by atoms with Crippen LogP contribution in [0.5, 0.6) is 0 Å². The third-order valence-electron chi connectivity index (χ3n) is 4.71. The number of aromatic nitrogens is 1. The van der Waals surface area contributed by atoms with Crippen molar-refractivity contribution in [3.63, 3.8) is 0 Å². The SMILES string of the molecule is O=S(=O)(c1cccc(Br)c1)N1CCN(c2nc(Cc3ccccc3)cs2)CC1. The van der Waals surface area contributed by atoms with Crippen molar-refractivity contribution >= 4 is 42.4 Å². The molecule has 0 saturated carbocycles. The fourth-order valence-corrected chi connectivity index (χ4v) is 6.12. The molecule has 1 aliphatic heterocycles. The monoisotopic (exact) mass is 477 g/mol. The maximum Gasteiger partial charge on any atom is 0.243 e. The molecule has 1 aromatic heterocycles. The van der Waals surface area contributed by atoms with E-state index in [1.807, 2.05) is 24.3 Å².